The Morgan fingerprint density at radius 2 is 1.65 bits per heavy atom. The highest BCUT2D eigenvalue weighted by molar-refractivity contribution is 5.39. The summed E-state index contributed by atoms with van der Waals surface area (Å²) in [7, 11) is 0. The van der Waals surface area contributed by atoms with Gasteiger partial charge in [-0.1, -0.05) is 55.8 Å². The van der Waals surface area contributed by atoms with Gasteiger partial charge in [-0.05, 0) is 53.5 Å². The molecule has 0 saturated heterocycles. The first kappa shape index (κ1) is 13.4. The number of fused-ring (bicyclic) bond motifs is 1. The summed E-state index contributed by atoms with van der Waals surface area (Å²) in [6.45, 7) is 2.19. The third-order valence-electron chi connectivity index (χ3n) is 4.27. The van der Waals surface area contributed by atoms with Crippen molar-refractivity contribution in [3.05, 3.63) is 70.3 Å². The average Bonchev–Trinajstić information content (AvgIpc) is 2.95. The molecule has 0 spiro atoms. The minimum atomic E-state index is -0.503. The van der Waals surface area contributed by atoms with Gasteiger partial charge in [0, 0.05) is 0 Å². The molecule has 1 aliphatic rings. The van der Waals surface area contributed by atoms with E-state index in [1.165, 1.54) is 29.5 Å². The van der Waals surface area contributed by atoms with Gasteiger partial charge in [-0.25, -0.2) is 0 Å². The van der Waals surface area contributed by atoms with Crippen LogP contribution in [0.1, 0.15) is 53.7 Å². The highest BCUT2D eigenvalue weighted by Crippen LogP contribution is 2.28. The maximum Gasteiger partial charge on any atom is 0.104 e. The molecule has 0 amide bonds. The molecule has 2 aromatic rings. The first-order valence-electron chi connectivity index (χ1n) is 7.66. The lowest BCUT2D eigenvalue weighted by atomic mass is 9.97. The Balaban J connectivity index is 1.82. The maximum absolute atomic E-state index is 10.5. The second kappa shape index (κ2) is 5.80. The van der Waals surface area contributed by atoms with E-state index in [1.807, 2.05) is 0 Å². The summed E-state index contributed by atoms with van der Waals surface area (Å²) in [5.74, 6) is 0. The molecule has 0 aliphatic heterocycles. The molecule has 0 fully saturated rings. The summed E-state index contributed by atoms with van der Waals surface area (Å²) >= 11 is 0. The van der Waals surface area contributed by atoms with Crippen LogP contribution in [0.5, 0.6) is 0 Å². The van der Waals surface area contributed by atoms with E-state index < -0.39 is 6.10 Å². The van der Waals surface area contributed by atoms with Gasteiger partial charge in [0.1, 0.15) is 6.10 Å². The van der Waals surface area contributed by atoms with Crippen LogP contribution >= 0.6 is 0 Å². The fourth-order valence-corrected chi connectivity index (χ4v) is 3.11. The summed E-state index contributed by atoms with van der Waals surface area (Å²) < 4.78 is 0. The quantitative estimate of drug-likeness (QED) is 0.879. The summed E-state index contributed by atoms with van der Waals surface area (Å²) in [5, 5.41) is 10.5. The van der Waals surface area contributed by atoms with E-state index in [0.717, 1.165) is 30.4 Å². The first-order chi connectivity index (χ1) is 9.78. The molecule has 0 bridgehead atoms. The molecule has 104 valence electrons. The topological polar surface area (TPSA) is 20.2 Å². The van der Waals surface area contributed by atoms with Gasteiger partial charge in [-0.15, -0.1) is 0 Å². The van der Waals surface area contributed by atoms with Crippen molar-refractivity contribution in [1.82, 2.24) is 0 Å². The van der Waals surface area contributed by atoms with Gasteiger partial charge in [0.05, 0.1) is 0 Å². The van der Waals surface area contributed by atoms with Crippen LogP contribution in [0.2, 0.25) is 0 Å². The molecule has 1 heteroatoms. The zero-order valence-corrected chi connectivity index (χ0v) is 12.1. The number of hydrogen-bond donors (Lipinski definition) is 1. The molecule has 0 aromatic heterocycles. The summed E-state index contributed by atoms with van der Waals surface area (Å²) in [5.41, 5.74) is 6.23. The van der Waals surface area contributed by atoms with E-state index in [4.69, 9.17) is 0 Å². The normalized spacial score (nSPS) is 15.1. The van der Waals surface area contributed by atoms with Crippen LogP contribution in [0.4, 0.5) is 0 Å². The van der Waals surface area contributed by atoms with Crippen molar-refractivity contribution >= 4 is 0 Å². The third kappa shape index (κ3) is 2.64. The third-order valence-corrected chi connectivity index (χ3v) is 4.27. The van der Waals surface area contributed by atoms with Crippen molar-refractivity contribution in [3.63, 3.8) is 0 Å². The van der Waals surface area contributed by atoms with Gasteiger partial charge in [-0.3, -0.25) is 0 Å². The molecule has 1 N–H and O–H groups in total. The molecule has 3 rings (SSSR count). The molecule has 2 aromatic carbocycles. The summed E-state index contributed by atoms with van der Waals surface area (Å²) in [4.78, 5) is 0. The van der Waals surface area contributed by atoms with Crippen LogP contribution in [-0.2, 0) is 19.3 Å². The molecule has 20 heavy (non-hydrogen) atoms. The predicted molar refractivity (Wildman–Crippen MR) is 83.0 cm³/mol. The monoisotopic (exact) mass is 266 g/mol. The van der Waals surface area contributed by atoms with Crippen LogP contribution in [0.15, 0.2) is 42.5 Å². The molecule has 0 radical (unpaired) electrons. The van der Waals surface area contributed by atoms with Crippen LogP contribution in [0.3, 0.4) is 0 Å². The SMILES string of the molecule is CCCc1ccc(C(O)c2ccc3c(c2)CCC3)cc1. The van der Waals surface area contributed by atoms with E-state index >= 15 is 0 Å². The molecule has 1 unspecified atom stereocenters. The molecular weight excluding hydrogens is 244 g/mol. The molecule has 1 atom stereocenters. The van der Waals surface area contributed by atoms with Gasteiger partial charge in [0.25, 0.3) is 0 Å². The lowest BCUT2D eigenvalue weighted by molar-refractivity contribution is 0.220. The Labute approximate surface area is 121 Å². The first-order valence-corrected chi connectivity index (χ1v) is 7.66. The minimum Gasteiger partial charge on any atom is -0.384 e. The van der Waals surface area contributed by atoms with E-state index in [1.54, 1.807) is 0 Å². The van der Waals surface area contributed by atoms with Crippen molar-refractivity contribution in [2.75, 3.05) is 0 Å². The van der Waals surface area contributed by atoms with Gasteiger partial charge in [0.2, 0.25) is 0 Å². The van der Waals surface area contributed by atoms with Crippen LogP contribution < -0.4 is 0 Å². The van der Waals surface area contributed by atoms with E-state index in [9.17, 15) is 5.11 Å². The Morgan fingerprint density at radius 1 is 0.950 bits per heavy atom. The van der Waals surface area contributed by atoms with Crippen LogP contribution in [-0.4, -0.2) is 5.11 Å². The van der Waals surface area contributed by atoms with Crippen molar-refractivity contribution in [1.29, 1.82) is 0 Å². The highest BCUT2D eigenvalue weighted by atomic mass is 16.3. The smallest absolute Gasteiger partial charge is 0.104 e. The zero-order chi connectivity index (χ0) is 13.9. The Morgan fingerprint density at radius 3 is 2.40 bits per heavy atom. The van der Waals surface area contributed by atoms with E-state index in [2.05, 4.69) is 49.4 Å². The summed E-state index contributed by atoms with van der Waals surface area (Å²) in [6, 6.07) is 14.8. The second-order valence-electron chi connectivity index (χ2n) is 5.78. The number of rotatable bonds is 4. The standard InChI is InChI=1S/C19H22O/c1-2-4-14-7-9-16(10-8-14)19(20)18-12-11-15-5-3-6-17(15)13-18/h7-13,19-20H,2-6H2,1H3. The predicted octanol–water partition coefficient (Wildman–Crippen LogP) is 4.21. The molecule has 1 nitrogen and oxygen atoms in total. The van der Waals surface area contributed by atoms with Crippen LogP contribution in [0.25, 0.3) is 0 Å². The second-order valence-corrected chi connectivity index (χ2v) is 5.78. The van der Waals surface area contributed by atoms with Crippen molar-refractivity contribution < 1.29 is 5.11 Å². The highest BCUT2D eigenvalue weighted by Gasteiger charge is 2.15. The molecular formula is C19H22O. The minimum absolute atomic E-state index is 0.503. The van der Waals surface area contributed by atoms with Gasteiger partial charge in [-0.2, -0.15) is 0 Å². The summed E-state index contributed by atoms with van der Waals surface area (Å²) in [6.07, 6.45) is 5.36. The van der Waals surface area contributed by atoms with Gasteiger partial charge in [0.15, 0.2) is 0 Å². The number of aliphatic hydroxyl groups excluding tert-OH is 1. The number of aliphatic hydroxyl groups is 1. The fourth-order valence-electron chi connectivity index (χ4n) is 3.11. The van der Waals surface area contributed by atoms with Gasteiger partial charge >= 0.3 is 0 Å². The van der Waals surface area contributed by atoms with E-state index in [0.29, 0.717) is 0 Å². The largest absolute Gasteiger partial charge is 0.384 e. The molecule has 0 heterocycles. The van der Waals surface area contributed by atoms with Crippen LogP contribution in [0, 0.1) is 0 Å². The Bertz CT molecular complexity index is 583. The van der Waals surface area contributed by atoms with E-state index in [-0.39, 0.29) is 0 Å². The van der Waals surface area contributed by atoms with Crippen molar-refractivity contribution in [3.8, 4) is 0 Å². The lowest BCUT2D eigenvalue weighted by Gasteiger charge is -2.13. The fraction of sp³-hybridized carbons (Fsp3) is 0.368. The number of aryl methyl sites for hydroxylation is 3. The van der Waals surface area contributed by atoms with Gasteiger partial charge < -0.3 is 5.11 Å². The number of benzene rings is 2. The number of hydrogen-bond acceptors (Lipinski definition) is 1. The van der Waals surface area contributed by atoms with Crippen molar-refractivity contribution in [2.24, 2.45) is 0 Å². The van der Waals surface area contributed by atoms with Crippen molar-refractivity contribution in [2.45, 2.75) is 45.1 Å². The molecule has 1 aliphatic carbocycles. The average molecular weight is 266 g/mol. The molecule has 0 saturated carbocycles. The Hall–Kier alpha value is -1.60. The zero-order valence-electron chi connectivity index (χ0n) is 12.1. The Kier molecular flexibility index (Phi) is 3.88. The lowest BCUT2D eigenvalue weighted by Crippen LogP contribution is -2.01. The maximum atomic E-state index is 10.5.